The van der Waals surface area contributed by atoms with Crippen molar-refractivity contribution in [2.24, 2.45) is 5.41 Å². The van der Waals surface area contributed by atoms with Crippen molar-refractivity contribution in [2.45, 2.75) is 52.7 Å². The van der Waals surface area contributed by atoms with E-state index < -0.39 is 6.09 Å². The quantitative estimate of drug-likeness (QED) is 0.320. The summed E-state index contributed by atoms with van der Waals surface area (Å²) in [5.41, 5.74) is 1.69. The van der Waals surface area contributed by atoms with Gasteiger partial charge < -0.3 is 10.1 Å². The second kappa shape index (κ2) is 10.5. The number of hydrogen-bond donors (Lipinski definition) is 1. The molecule has 3 rings (SSSR count). The Balaban J connectivity index is 1.45. The number of thiazole rings is 1. The number of ketones is 1. The molecule has 31 heavy (non-hydrogen) atoms. The highest BCUT2D eigenvalue weighted by Gasteiger charge is 2.26. The number of alkyl carbamates (subject to hydrolysis) is 1. The lowest BCUT2D eigenvalue weighted by atomic mass is 9.83. The van der Waals surface area contributed by atoms with Crippen LogP contribution < -0.4 is 5.32 Å². The van der Waals surface area contributed by atoms with E-state index in [1.165, 1.54) is 11.3 Å². The largest absolute Gasteiger partial charge is 0.445 e. The normalized spacial score (nSPS) is 12.5. The van der Waals surface area contributed by atoms with Gasteiger partial charge in [-0.05, 0) is 42.4 Å². The topological polar surface area (TPSA) is 68.3 Å². The molecule has 2 aromatic carbocycles. The van der Waals surface area contributed by atoms with Crippen molar-refractivity contribution in [1.82, 2.24) is 10.3 Å². The van der Waals surface area contributed by atoms with Crippen LogP contribution in [0.25, 0.3) is 10.2 Å². The average Bonchev–Trinajstić information content (AvgIpc) is 3.18. The third-order valence-electron chi connectivity index (χ3n) is 5.07. The van der Waals surface area contributed by atoms with E-state index in [0.717, 1.165) is 28.6 Å². The summed E-state index contributed by atoms with van der Waals surface area (Å²) in [5.74, 6) is 0.0312. The summed E-state index contributed by atoms with van der Waals surface area (Å²) in [5, 5.41) is 3.54. The molecule has 1 aromatic heterocycles. The van der Waals surface area contributed by atoms with Gasteiger partial charge in [-0.1, -0.05) is 63.2 Å². The first kappa shape index (κ1) is 22.9. The maximum absolute atomic E-state index is 12.5. The molecule has 6 heteroatoms. The molecule has 0 aliphatic heterocycles. The van der Waals surface area contributed by atoms with E-state index in [-0.39, 0.29) is 23.8 Å². The van der Waals surface area contributed by atoms with Crippen LogP contribution in [0.4, 0.5) is 4.79 Å². The van der Waals surface area contributed by atoms with E-state index >= 15 is 0 Å². The van der Waals surface area contributed by atoms with Crippen LogP contribution >= 0.6 is 11.3 Å². The van der Waals surface area contributed by atoms with Gasteiger partial charge in [-0.2, -0.15) is 0 Å². The minimum absolute atomic E-state index is 0.0312. The van der Waals surface area contributed by atoms with Crippen molar-refractivity contribution in [3.8, 4) is 0 Å². The first-order valence-electron chi connectivity index (χ1n) is 10.5. The number of nitrogens with zero attached hydrogens (tertiary/aromatic N) is 1. The van der Waals surface area contributed by atoms with Gasteiger partial charge in [0.1, 0.15) is 6.61 Å². The van der Waals surface area contributed by atoms with Gasteiger partial charge in [0.25, 0.3) is 0 Å². The molecule has 0 aliphatic carbocycles. The van der Waals surface area contributed by atoms with E-state index in [4.69, 9.17) is 4.74 Å². The molecular formula is C25H29N2O3S. The number of benzene rings is 2. The van der Waals surface area contributed by atoms with E-state index in [2.05, 4.69) is 31.1 Å². The van der Waals surface area contributed by atoms with Crippen molar-refractivity contribution >= 4 is 33.4 Å². The molecule has 0 bridgehead atoms. The summed E-state index contributed by atoms with van der Waals surface area (Å²) < 4.78 is 6.39. The lowest BCUT2D eigenvalue weighted by molar-refractivity contribution is 0.0989. The van der Waals surface area contributed by atoms with Gasteiger partial charge in [0, 0.05) is 12.5 Å². The molecule has 0 saturated carbocycles. The standard InChI is InChI=1S/C25H29N2O3S/c1-25(2,3)22(27-24(29)30-17-18-11-5-4-6-12-18)16-10-8-14-20(28)23-26-19-13-7-9-15-21(19)31-23/h4-9,11-13,15,22H,10,14,16-17H2,1-3H3,(H,27,29). The summed E-state index contributed by atoms with van der Waals surface area (Å²) in [4.78, 5) is 29.2. The number of para-hydroxylation sites is 1. The minimum atomic E-state index is -0.422. The fourth-order valence-electron chi connectivity index (χ4n) is 3.23. The summed E-state index contributed by atoms with van der Waals surface area (Å²) in [6, 6.07) is 17.3. The maximum Gasteiger partial charge on any atom is 0.407 e. The van der Waals surface area contributed by atoms with Gasteiger partial charge in [0.05, 0.1) is 10.2 Å². The Morgan fingerprint density at radius 1 is 1.10 bits per heavy atom. The van der Waals surface area contributed by atoms with Crippen molar-refractivity contribution in [3.63, 3.8) is 0 Å². The number of hydrogen-bond acceptors (Lipinski definition) is 5. The van der Waals surface area contributed by atoms with E-state index in [1.54, 1.807) is 0 Å². The van der Waals surface area contributed by atoms with Crippen molar-refractivity contribution < 1.29 is 14.3 Å². The maximum atomic E-state index is 12.5. The van der Waals surface area contributed by atoms with Gasteiger partial charge in [-0.3, -0.25) is 4.79 Å². The molecule has 0 spiro atoms. The Kier molecular flexibility index (Phi) is 7.80. The Labute approximate surface area is 187 Å². The molecule has 0 saturated heterocycles. The third-order valence-corrected chi connectivity index (χ3v) is 6.15. The smallest absolute Gasteiger partial charge is 0.407 e. The zero-order valence-corrected chi connectivity index (χ0v) is 19.1. The van der Waals surface area contributed by atoms with E-state index in [1.807, 2.05) is 61.0 Å². The first-order chi connectivity index (χ1) is 14.8. The van der Waals surface area contributed by atoms with Gasteiger partial charge >= 0.3 is 6.09 Å². The Bertz CT molecular complexity index is 975. The van der Waals surface area contributed by atoms with Crippen LogP contribution in [0.15, 0.2) is 54.6 Å². The van der Waals surface area contributed by atoms with Crippen LogP contribution in [-0.2, 0) is 11.3 Å². The van der Waals surface area contributed by atoms with Crippen LogP contribution in [0.1, 0.15) is 55.4 Å². The molecule has 1 N–H and O–H groups in total. The number of fused-ring (bicyclic) bond motifs is 1. The van der Waals surface area contributed by atoms with Crippen molar-refractivity contribution in [2.75, 3.05) is 0 Å². The lowest BCUT2D eigenvalue weighted by Crippen LogP contribution is -2.43. The predicted molar refractivity (Wildman–Crippen MR) is 125 cm³/mol. The average molecular weight is 438 g/mol. The highest BCUT2D eigenvalue weighted by atomic mass is 32.1. The van der Waals surface area contributed by atoms with E-state index in [9.17, 15) is 9.59 Å². The van der Waals surface area contributed by atoms with Crippen LogP contribution in [0.5, 0.6) is 0 Å². The zero-order chi connectivity index (χ0) is 22.3. The molecule has 3 aromatic rings. The number of amides is 1. The monoisotopic (exact) mass is 437 g/mol. The molecule has 1 atom stereocenters. The van der Waals surface area contributed by atoms with Gasteiger partial charge in [-0.15, -0.1) is 11.3 Å². The molecule has 1 amide bonds. The number of aromatic nitrogens is 1. The molecule has 1 radical (unpaired) electrons. The molecule has 1 heterocycles. The fraction of sp³-hybridized carbons (Fsp3) is 0.360. The second-order valence-corrected chi connectivity index (χ2v) is 9.64. The number of rotatable bonds is 9. The zero-order valence-electron chi connectivity index (χ0n) is 18.3. The van der Waals surface area contributed by atoms with Gasteiger partial charge in [0.2, 0.25) is 0 Å². The first-order valence-corrected chi connectivity index (χ1v) is 11.3. The number of nitrogens with one attached hydrogen (secondary N) is 1. The summed E-state index contributed by atoms with van der Waals surface area (Å²) in [6.45, 7) is 6.50. The molecule has 0 fully saturated rings. The SMILES string of the molecule is CC(C)(C)C(CC[CH]CC(=O)c1nc2ccccc2s1)NC(=O)OCc1ccccc1. The Morgan fingerprint density at radius 2 is 1.81 bits per heavy atom. The molecule has 1 unspecified atom stereocenters. The fourth-order valence-corrected chi connectivity index (χ4v) is 4.14. The second-order valence-electron chi connectivity index (χ2n) is 8.60. The van der Waals surface area contributed by atoms with Crippen molar-refractivity contribution in [1.29, 1.82) is 0 Å². The van der Waals surface area contributed by atoms with Crippen LogP contribution in [0.2, 0.25) is 0 Å². The van der Waals surface area contributed by atoms with E-state index in [0.29, 0.717) is 11.4 Å². The highest BCUT2D eigenvalue weighted by Crippen LogP contribution is 2.25. The Morgan fingerprint density at radius 3 is 2.52 bits per heavy atom. The highest BCUT2D eigenvalue weighted by molar-refractivity contribution is 7.20. The Hall–Kier alpha value is -2.73. The number of Topliss-reactive ketones (excluding diaryl/α,β-unsaturated/α-hetero) is 1. The third kappa shape index (κ3) is 6.89. The van der Waals surface area contributed by atoms with Gasteiger partial charge in [0.15, 0.2) is 10.8 Å². The molecule has 5 nitrogen and oxygen atoms in total. The molecule has 0 aliphatic rings. The van der Waals surface area contributed by atoms with Crippen LogP contribution in [-0.4, -0.2) is 22.9 Å². The summed E-state index contributed by atoms with van der Waals surface area (Å²) >= 11 is 1.43. The molecular weight excluding hydrogens is 408 g/mol. The van der Waals surface area contributed by atoms with Gasteiger partial charge in [-0.25, -0.2) is 9.78 Å². The summed E-state index contributed by atoms with van der Waals surface area (Å²) in [6.07, 6.45) is 3.35. The minimum Gasteiger partial charge on any atom is -0.445 e. The van der Waals surface area contributed by atoms with Crippen LogP contribution in [0, 0.1) is 11.8 Å². The lowest BCUT2D eigenvalue weighted by Gasteiger charge is -2.31. The van der Waals surface area contributed by atoms with Crippen LogP contribution in [0.3, 0.4) is 0 Å². The number of unbranched alkanes of at least 4 members (excludes halogenated alkanes) is 1. The number of ether oxygens (including phenoxy) is 1. The molecule has 163 valence electrons. The number of carbonyl (C=O) groups is 2. The van der Waals surface area contributed by atoms with Crippen molar-refractivity contribution in [3.05, 3.63) is 71.6 Å². The summed E-state index contributed by atoms with van der Waals surface area (Å²) in [7, 11) is 0. The number of carbonyl (C=O) groups excluding carboxylic acids is 2. The predicted octanol–water partition coefficient (Wildman–Crippen LogP) is 6.19.